The average Bonchev–Trinajstić information content (AvgIpc) is 2.10. The number of unbranched alkanes of at least 4 members (excludes halogenated alkanes) is 4. The van der Waals surface area contributed by atoms with Gasteiger partial charge in [-0.15, -0.1) is 0 Å². The third-order valence-corrected chi connectivity index (χ3v) is 1.88. The van der Waals surface area contributed by atoms with Crippen LogP contribution in [0.2, 0.25) is 0 Å². The normalized spacial score (nSPS) is 11.8. The van der Waals surface area contributed by atoms with Gasteiger partial charge in [-0.3, -0.25) is 0 Å². The van der Waals surface area contributed by atoms with Crippen LogP contribution in [0, 0.1) is 0 Å². The lowest BCUT2D eigenvalue weighted by Gasteiger charge is -1.91. The van der Waals surface area contributed by atoms with Crippen LogP contribution in [0.4, 0.5) is 0 Å². The number of hydrogen-bond donors (Lipinski definition) is 0. The highest BCUT2D eigenvalue weighted by Crippen LogP contribution is 2.01. The monoisotopic (exact) mass is 166 g/mol. The molecule has 0 radical (unpaired) electrons. The van der Waals surface area contributed by atoms with Crippen LogP contribution < -0.4 is 0 Å². The summed E-state index contributed by atoms with van der Waals surface area (Å²) in [6.07, 6.45) is 16.7. The SMILES string of the molecule is CC=CCC/C=C/CCCCC. The van der Waals surface area contributed by atoms with Gasteiger partial charge in [-0.1, -0.05) is 44.1 Å². The van der Waals surface area contributed by atoms with Gasteiger partial charge in [-0.25, -0.2) is 0 Å². The van der Waals surface area contributed by atoms with Gasteiger partial charge in [0.05, 0.1) is 0 Å². The van der Waals surface area contributed by atoms with E-state index in [1.54, 1.807) is 0 Å². The van der Waals surface area contributed by atoms with Gasteiger partial charge in [-0.05, 0) is 32.6 Å². The van der Waals surface area contributed by atoms with Crippen molar-refractivity contribution in [1.82, 2.24) is 0 Å². The maximum Gasteiger partial charge on any atom is -0.0316 e. The van der Waals surface area contributed by atoms with E-state index >= 15 is 0 Å². The van der Waals surface area contributed by atoms with Crippen molar-refractivity contribution < 1.29 is 0 Å². The van der Waals surface area contributed by atoms with Gasteiger partial charge in [0.15, 0.2) is 0 Å². The van der Waals surface area contributed by atoms with Crippen LogP contribution in [0.25, 0.3) is 0 Å². The van der Waals surface area contributed by atoms with Crippen LogP contribution in [-0.2, 0) is 0 Å². The van der Waals surface area contributed by atoms with Crippen molar-refractivity contribution in [3.63, 3.8) is 0 Å². The summed E-state index contributed by atoms with van der Waals surface area (Å²) in [5.74, 6) is 0. The molecule has 0 heteroatoms. The largest absolute Gasteiger partial charge is 0.0917 e. The van der Waals surface area contributed by atoms with Crippen molar-refractivity contribution in [1.29, 1.82) is 0 Å². The first kappa shape index (κ1) is 11.5. The van der Waals surface area contributed by atoms with Gasteiger partial charge in [0.25, 0.3) is 0 Å². The highest BCUT2D eigenvalue weighted by Gasteiger charge is 1.81. The Morgan fingerprint density at radius 1 is 0.833 bits per heavy atom. The fraction of sp³-hybridized carbons (Fsp3) is 0.667. The quantitative estimate of drug-likeness (QED) is 0.386. The Balaban J connectivity index is 3.03. The topological polar surface area (TPSA) is 0 Å². The summed E-state index contributed by atoms with van der Waals surface area (Å²) in [7, 11) is 0. The molecule has 0 atom stereocenters. The fourth-order valence-corrected chi connectivity index (χ4v) is 1.11. The van der Waals surface area contributed by atoms with Gasteiger partial charge < -0.3 is 0 Å². The minimum atomic E-state index is 1.20. The van der Waals surface area contributed by atoms with E-state index in [4.69, 9.17) is 0 Å². The molecule has 0 saturated carbocycles. The first-order valence-corrected chi connectivity index (χ1v) is 5.18. The van der Waals surface area contributed by atoms with Gasteiger partial charge in [0.2, 0.25) is 0 Å². The molecule has 0 aromatic heterocycles. The third-order valence-electron chi connectivity index (χ3n) is 1.88. The molecule has 0 aromatic rings. The lowest BCUT2D eigenvalue weighted by atomic mass is 10.2. The molecule has 0 fully saturated rings. The van der Waals surface area contributed by atoms with E-state index in [-0.39, 0.29) is 0 Å². The summed E-state index contributed by atoms with van der Waals surface area (Å²) >= 11 is 0. The van der Waals surface area contributed by atoms with Crippen molar-refractivity contribution in [2.45, 2.75) is 52.4 Å². The van der Waals surface area contributed by atoms with Crippen molar-refractivity contribution in [3.05, 3.63) is 24.3 Å². The Kier molecular flexibility index (Phi) is 10.0. The molecule has 0 aromatic carbocycles. The highest BCUT2D eigenvalue weighted by molar-refractivity contribution is 4.86. The second-order valence-electron chi connectivity index (χ2n) is 3.11. The van der Waals surface area contributed by atoms with Crippen LogP contribution >= 0.6 is 0 Å². The van der Waals surface area contributed by atoms with E-state index in [1.165, 1.54) is 38.5 Å². The predicted molar refractivity (Wildman–Crippen MR) is 57.3 cm³/mol. The maximum atomic E-state index is 2.32. The average molecular weight is 166 g/mol. The summed E-state index contributed by atoms with van der Waals surface area (Å²) in [5.41, 5.74) is 0. The minimum absolute atomic E-state index is 1.20. The Morgan fingerprint density at radius 2 is 1.50 bits per heavy atom. The molecule has 0 unspecified atom stereocenters. The van der Waals surface area contributed by atoms with Gasteiger partial charge in [0, 0.05) is 0 Å². The van der Waals surface area contributed by atoms with E-state index in [9.17, 15) is 0 Å². The molecule has 0 nitrogen and oxygen atoms in total. The lowest BCUT2D eigenvalue weighted by molar-refractivity contribution is 0.728. The Morgan fingerprint density at radius 3 is 2.17 bits per heavy atom. The van der Waals surface area contributed by atoms with Crippen LogP contribution in [0.3, 0.4) is 0 Å². The van der Waals surface area contributed by atoms with Gasteiger partial charge >= 0.3 is 0 Å². The van der Waals surface area contributed by atoms with Gasteiger partial charge in [-0.2, -0.15) is 0 Å². The summed E-state index contributed by atoms with van der Waals surface area (Å²) in [6, 6.07) is 0. The molecule has 0 amide bonds. The van der Waals surface area contributed by atoms with Crippen LogP contribution in [0.15, 0.2) is 24.3 Å². The molecular formula is C12H22. The first-order chi connectivity index (χ1) is 5.91. The molecule has 0 aliphatic carbocycles. The smallest absolute Gasteiger partial charge is 0.0316 e. The lowest BCUT2D eigenvalue weighted by Crippen LogP contribution is -1.71. The molecule has 70 valence electrons. The van der Waals surface area contributed by atoms with E-state index in [2.05, 4.69) is 38.2 Å². The number of allylic oxidation sites excluding steroid dienone is 4. The van der Waals surface area contributed by atoms with Crippen molar-refractivity contribution >= 4 is 0 Å². The third kappa shape index (κ3) is 9.48. The summed E-state index contributed by atoms with van der Waals surface area (Å²) in [5, 5.41) is 0. The zero-order valence-corrected chi connectivity index (χ0v) is 8.55. The Hall–Kier alpha value is -0.520. The summed E-state index contributed by atoms with van der Waals surface area (Å²) < 4.78 is 0. The van der Waals surface area contributed by atoms with Crippen LogP contribution in [-0.4, -0.2) is 0 Å². The fourth-order valence-electron chi connectivity index (χ4n) is 1.11. The first-order valence-electron chi connectivity index (χ1n) is 5.18. The number of rotatable bonds is 7. The van der Waals surface area contributed by atoms with E-state index in [0.29, 0.717) is 0 Å². The zero-order valence-electron chi connectivity index (χ0n) is 8.55. The van der Waals surface area contributed by atoms with Crippen LogP contribution in [0.1, 0.15) is 52.4 Å². The van der Waals surface area contributed by atoms with E-state index < -0.39 is 0 Å². The Labute approximate surface area is 77.4 Å². The molecule has 0 bridgehead atoms. The maximum absolute atomic E-state index is 2.32. The predicted octanol–water partition coefficient (Wildman–Crippen LogP) is 4.48. The molecule has 0 heterocycles. The van der Waals surface area contributed by atoms with Crippen molar-refractivity contribution in [2.75, 3.05) is 0 Å². The van der Waals surface area contributed by atoms with Gasteiger partial charge in [0.1, 0.15) is 0 Å². The molecule has 0 aliphatic rings. The highest BCUT2D eigenvalue weighted by atomic mass is 13.9. The summed E-state index contributed by atoms with van der Waals surface area (Å²) in [6.45, 7) is 4.32. The number of hydrogen-bond acceptors (Lipinski definition) is 0. The minimum Gasteiger partial charge on any atom is -0.0917 e. The van der Waals surface area contributed by atoms with E-state index in [1.807, 2.05) is 0 Å². The standard InChI is InChI=1S/C12H22/c1-3-5-7-9-11-12-10-8-6-4-2/h3,5,11-12H,4,6-10H2,1-2H3/b5-3?,12-11+. The van der Waals surface area contributed by atoms with Crippen molar-refractivity contribution in [3.8, 4) is 0 Å². The van der Waals surface area contributed by atoms with E-state index in [0.717, 1.165) is 0 Å². The molecular weight excluding hydrogens is 144 g/mol. The van der Waals surface area contributed by atoms with Crippen molar-refractivity contribution in [2.24, 2.45) is 0 Å². The van der Waals surface area contributed by atoms with Crippen LogP contribution in [0.5, 0.6) is 0 Å². The molecule has 0 rings (SSSR count). The summed E-state index contributed by atoms with van der Waals surface area (Å²) in [4.78, 5) is 0. The molecule has 12 heavy (non-hydrogen) atoms. The Bertz CT molecular complexity index is 120. The molecule has 0 spiro atoms. The second kappa shape index (κ2) is 10.5. The second-order valence-corrected chi connectivity index (χ2v) is 3.11. The molecule has 0 aliphatic heterocycles. The molecule has 0 saturated heterocycles. The zero-order chi connectivity index (χ0) is 9.07. The molecule has 0 N–H and O–H groups in total.